The van der Waals surface area contributed by atoms with Gasteiger partial charge in [0.05, 0.1) is 12.8 Å². The summed E-state index contributed by atoms with van der Waals surface area (Å²) in [5.41, 5.74) is 2.15. The third kappa shape index (κ3) is 4.67. The Balaban J connectivity index is 1.15. The molecule has 0 radical (unpaired) electrons. The van der Waals surface area contributed by atoms with Gasteiger partial charge in [-0.1, -0.05) is 12.1 Å². The highest BCUT2D eigenvalue weighted by atomic mass is 32.1. The number of ether oxygens (including phenoxy) is 3. The van der Waals surface area contributed by atoms with Crippen molar-refractivity contribution in [2.24, 2.45) is 0 Å². The molecule has 2 unspecified atom stereocenters. The van der Waals surface area contributed by atoms with Crippen LogP contribution in [0.2, 0.25) is 0 Å². The highest BCUT2D eigenvalue weighted by molar-refractivity contribution is 7.13. The molecule has 2 aliphatic heterocycles. The Morgan fingerprint density at radius 3 is 2.45 bits per heavy atom. The number of thiazole rings is 1. The van der Waals surface area contributed by atoms with E-state index in [1.807, 2.05) is 60.4 Å². The van der Waals surface area contributed by atoms with Crippen LogP contribution in [-0.2, 0) is 11.3 Å². The van der Waals surface area contributed by atoms with Crippen molar-refractivity contribution in [1.29, 1.82) is 0 Å². The molecule has 1 fully saturated rings. The van der Waals surface area contributed by atoms with Crippen LogP contribution in [0.5, 0.6) is 17.2 Å². The lowest BCUT2D eigenvalue weighted by atomic mass is 10.1. The standard InChI is InChI=1S/C25H27N3O4S/c1-17-23(32-22-6-4-3-5-21(22)31-17)25(29)28-13-11-27(12-14-28)15-19-16-33-24(26-19)18-7-9-20(30-2)10-8-18/h3-10,16-17,23H,11-15H2,1-2H3. The van der Waals surface area contributed by atoms with Gasteiger partial charge in [0.2, 0.25) is 6.10 Å². The topological polar surface area (TPSA) is 64.1 Å². The number of piperazine rings is 1. The van der Waals surface area contributed by atoms with Crippen molar-refractivity contribution in [1.82, 2.24) is 14.8 Å². The molecular weight excluding hydrogens is 438 g/mol. The molecule has 2 atom stereocenters. The summed E-state index contributed by atoms with van der Waals surface area (Å²) in [7, 11) is 1.67. The van der Waals surface area contributed by atoms with E-state index < -0.39 is 6.10 Å². The van der Waals surface area contributed by atoms with E-state index in [1.165, 1.54) is 0 Å². The summed E-state index contributed by atoms with van der Waals surface area (Å²) in [6.45, 7) is 5.61. The van der Waals surface area contributed by atoms with E-state index >= 15 is 0 Å². The number of nitrogens with zero attached hydrogens (tertiary/aromatic N) is 3. The number of carbonyl (C=O) groups is 1. The van der Waals surface area contributed by atoms with Crippen molar-refractivity contribution < 1.29 is 19.0 Å². The molecule has 1 amide bonds. The Bertz CT molecular complexity index is 1110. The van der Waals surface area contributed by atoms with Crippen LogP contribution >= 0.6 is 11.3 Å². The molecule has 0 spiro atoms. The van der Waals surface area contributed by atoms with Gasteiger partial charge in [0.1, 0.15) is 16.9 Å². The second-order valence-electron chi connectivity index (χ2n) is 8.28. The van der Waals surface area contributed by atoms with Crippen molar-refractivity contribution >= 4 is 17.2 Å². The number of carbonyl (C=O) groups excluding carboxylic acids is 1. The lowest BCUT2D eigenvalue weighted by molar-refractivity contribution is -0.146. The first-order valence-corrected chi connectivity index (χ1v) is 12.0. The predicted octanol–water partition coefficient (Wildman–Crippen LogP) is 3.69. The van der Waals surface area contributed by atoms with Crippen LogP contribution in [0.1, 0.15) is 12.6 Å². The molecule has 2 aliphatic rings. The number of para-hydroxylation sites is 2. The van der Waals surface area contributed by atoms with Gasteiger partial charge in [-0.05, 0) is 43.3 Å². The predicted molar refractivity (Wildman–Crippen MR) is 127 cm³/mol. The number of benzene rings is 2. The normalized spacial score (nSPS) is 20.5. The van der Waals surface area contributed by atoms with Crippen LogP contribution in [0.15, 0.2) is 53.9 Å². The Morgan fingerprint density at radius 2 is 1.76 bits per heavy atom. The molecule has 33 heavy (non-hydrogen) atoms. The average molecular weight is 466 g/mol. The molecule has 2 aromatic carbocycles. The van der Waals surface area contributed by atoms with Gasteiger partial charge < -0.3 is 19.1 Å². The number of hydrogen-bond acceptors (Lipinski definition) is 7. The summed E-state index contributed by atoms with van der Waals surface area (Å²) in [6, 6.07) is 15.5. The van der Waals surface area contributed by atoms with Gasteiger partial charge in [-0.3, -0.25) is 9.69 Å². The van der Waals surface area contributed by atoms with Crippen molar-refractivity contribution in [2.45, 2.75) is 25.7 Å². The van der Waals surface area contributed by atoms with Gasteiger partial charge in [-0.15, -0.1) is 11.3 Å². The average Bonchev–Trinajstić information content (AvgIpc) is 3.32. The third-order valence-corrected chi connectivity index (χ3v) is 6.98. The van der Waals surface area contributed by atoms with Gasteiger partial charge >= 0.3 is 0 Å². The van der Waals surface area contributed by atoms with Gasteiger partial charge in [0, 0.05) is 43.7 Å². The lowest BCUT2D eigenvalue weighted by Crippen LogP contribution is -2.55. The number of rotatable bonds is 5. The van der Waals surface area contributed by atoms with Crippen LogP contribution in [0.3, 0.4) is 0 Å². The van der Waals surface area contributed by atoms with E-state index in [0.717, 1.165) is 41.6 Å². The van der Waals surface area contributed by atoms with E-state index in [1.54, 1.807) is 18.4 Å². The highest BCUT2D eigenvalue weighted by Crippen LogP contribution is 2.34. The third-order valence-electron chi connectivity index (χ3n) is 6.04. The van der Waals surface area contributed by atoms with Crippen LogP contribution in [0, 0.1) is 0 Å². The summed E-state index contributed by atoms with van der Waals surface area (Å²) < 4.78 is 17.1. The molecule has 0 N–H and O–H groups in total. The zero-order valence-electron chi connectivity index (χ0n) is 18.8. The maximum atomic E-state index is 13.1. The minimum atomic E-state index is -0.614. The SMILES string of the molecule is COc1ccc(-c2nc(CN3CCN(C(=O)C4Oc5ccccc5OC4C)CC3)cs2)cc1. The smallest absolute Gasteiger partial charge is 0.267 e. The zero-order valence-corrected chi connectivity index (χ0v) is 19.6. The first-order chi connectivity index (χ1) is 16.1. The second-order valence-corrected chi connectivity index (χ2v) is 9.14. The van der Waals surface area contributed by atoms with Crippen molar-refractivity contribution in [3.05, 3.63) is 59.6 Å². The molecule has 3 heterocycles. The first-order valence-electron chi connectivity index (χ1n) is 11.1. The largest absolute Gasteiger partial charge is 0.497 e. The minimum Gasteiger partial charge on any atom is -0.497 e. The quantitative estimate of drug-likeness (QED) is 0.573. The molecule has 0 saturated carbocycles. The number of amides is 1. The van der Waals surface area contributed by atoms with E-state index in [0.29, 0.717) is 24.6 Å². The van der Waals surface area contributed by atoms with E-state index in [2.05, 4.69) is 10.3 Å². The zero-order chi connectivity index (χ0) is 22.8. The fraction of sp³-hybridized carbons (Fsp3) is 0.360. The van der Waals surface area contributed by atoms with Gasteiger partial charge in [0.15, 0.2) is 11.5 Å². The molecule has 5 rings (SSSR count). The molecule has 0 aliphatic carbocycles. The molecule has 172 valence electrons. The second kappa shape index (κ2) is 9.41. The molecule has 1 saturated heterocycles. The minimum absolute atomic E-state index is 0.00731. The van der Waals surface area contributed by atoms with Crippen LogP contribution < -0.4 is 14.2 Å². The maximum Gasteiger partial charge on any atom is 0.267 e. The molecule has 3 aromatic rings. The van der Waals surface area contributed by atoms with Crippen molar-refractivity contribution in [3.63, 3.8) is 0 Å². The first kappa shape index (κ1) is 21.7. The lowest BCUT2D eigenvalue weighted by Gasteiger charge is -2.38. The summed E-state index contributed by atoms with van der Waals surface area (Å²) in [6.07, 6.45) is -0.936. The molecule has 1 aromatic heterocycles. The van der Waals surface area contributed by atoms with Gasteiger partial charge in [-0.2, -0.15) is 0 Å². The maximum absolute atomic E-state index is 13.1. The summed E-state index contributed by atoms with van der Waals surface area (Å²) in [5, 5.41) is 3.12. The van der Waals surface area contributed by atoms with Crippen molar-refractivity contribution in [3.8, 4) is 27.8 Å². The Labute approximate surface area is 197 Å². The van der Waals surface area contributed by atoms with Gasteiger partial charge in [-0.25, -0.2) is 4.98 Å². The molecule has 0 bridgehead atoms. The van der Waals surface area contributed by atoms with Crippen LogP contribution in [0.4, 0.5) is 0 Å². The van der Waals surface area contributed by atoms with E-state index in [-0.39, 0.29) is 12.0 Å². The number of methoxy groups -OCH3 is 1. The van der Waals surface area contributed by atoms with E-state index in [9.17, 15) is 4.79 Å². The van der Waals surface area contributed by atoms with Crippen LogP contribution in [-0.4, -0.2) is 66.2 Å². The van der Waals surface area contributed by atoms with E-state index in [4.69, 9.17) is 19.2 Å². The van der Waals surface area contributed by atoms with Gasteiger partial charge in [0.25, 0.3) is 5.91 Å². The number of hydrogen-bond donors (Lipinski definition) is 0. The molecule has 7 nitrogen and oxygen atoms in total. The van der Waals surface area contributed by atoms with Crippen LogP contribution in [0.25, 0.3) is 10.6 Å². The number of aromatic nitrogens is 1. The summed E-state index contributed by atoms with van der Waals surface area (Å²) in [5.74, 6) is 2.15. The monoisotopic (exact) mass is 465 g/mol. The fourth-order valence-corrected chi connectivity index (χ4v) is 4.99. The summed E-state index contributed by atoms with van der Waals surface area (Å²) in [4.78, 5) is 22.2. The Hall–Kier alpha value is -3.10. The fourth-order valence-electron chi connectivity index (χ4n) is 4.17. The summed E-state index contributed by atoms with van der Waals surface area (Å²) >= 11 is 1.65. The molecule has 8 heteroatoms. The van der Waals surface area contributed by atoms with Crippen molar-refractivity contribution in [2.75, 3.05) is 33.3 Å². The number of fused-ring (bicyclic) bond motifs is 1. The molecular formula is C25H27N3O4S. The Kier molecular flexibility index (Phi) is 6.20. The highest BCUT2D eigenvalue weighted by Gasteiger charge is 2.37. The Morgan fingerprint density at radius 1 is 1.06 bits per heavy atom.